The van der Waals surface area contributed by atoms with E-state index in [1.165, 1.54) is 7.11 Å². The first-order chi connectivity index (χ1) is 10.6. The van der Waals surface area contributed by atoms with Crippen LogP contribution in [0.3, 0.4) is 0 Å². The molecule has 0 unspecified atom stereocenters. The molecule has 0 bridgehead atoms. The molecule has 0 fully saturated rings. The minimum absolute atomic E-state index is 0.515. The minimum Gasteiger partial charge on any atom is -0.453 e. The Balaban J connectivity index is 2.18. The third-order valence-corrected chi connectivity index (χ3v) is 3.63. The van der Waals surface area contributed by atoms with Gasteiger partial charge in [-0.05, 0) is 31.0 Å². The molecule has 0 aliphatic heterocycles. The fraction of sp³-hybridized carbons (Fsp3) is 0.267. The lowest BCUT2D eigenvalue weighted by Crippen LogP contribution is -2.11. The molecule has 3 aromatic rings. The van der Waals surface area contributed by atoms with Crippen LogP contribution in [-0.2, 0) is 11.2 Å². The van der Waals surface area contributed by atoms with Gasteiger partial charge in [0.2, 0.25) is 0 Å². The maximum absolute atomic E-state index is 11.6. The summed E-state index contributed by atoms with van der Waals surface area (Å²) in [5.41, 5.74) is 5.47. The Morgan fingerprint density at radius 1 is 1.36 bits per heavy atom. The standard InChI is InChI=1S/C15H17N5O2/c1-4-11-14(8(2)18-20-11)9-5-12(17-15(21)22-3)10-7-16-19-13(10)6-9/h5-7H,4H2,1-3H3,(H,16,19)(H,17,21)(H,18,20). The van der Waals surface area contributed by atoms with Gasteiger partial charge < -0.3 is 4.74 Å². The second-order valence-electron chi connectivity index (χ2n) is 5.00. The van der Waals surface area contributed by atoms with Gasteiger partial charge in [0.05, 0.1) is 30.2 Å². The van der Waals surface area contributed by atoms with Gasteiger partial charge in [-0.15, -0.1) is 0 Å². The summed E-state index contributed by atoms with van der Waals surface area (Å²) in [4.78, 5) is 11.6. The number of H-pyrrole nitrogens is 2. The Morgan fingerprint density at radius 3 is 2.91 bits per heavy atom. The number of aromatic nitrogens is 4. The molecule has 3 N–H and O–H groups in total. The zero-order valence-electron chi connectivity index (χ0n) is 12.7. The van der Waals surface area contributed by atoms with Crippen molar-refractivity contribution in [3.63, 3.8) is 0 Å². The zero-order valence-corrected chi connectivity index (χ0v) is 12.7. The van der Waals surface area contributed by atoms with Crippen LogP contribution in [-0.4, -0.2) is 33.6 Å². The number of fused-ring (bicyclic) bond motifs is 1. The highest BCUT2D eigenvalue weighted by Gasteiger charge is 2.15. The Bertz CT molecular complexity index is 834. The molecule has 7 heteroatoms. The van der Waals surface area contributed by atoms with E-state index in [1.807, 2.05) is 19.1 Å². The van der Waals surface area contributed by atoms with Gasteiger partial charge in [0.1, 0.15) is 0 Å². The molecule has 0 radical (unpaired) electrons. The molecular formula is C15H17N5O2. The molecule has 3 rings (SSSR count). The van der Waals surface area contributed by atoms with Crippen molar-refractivity contribution in [2.45, 2.75) is 20.3 Å². The number of nitrogens with zero attached hydrogens (tertiary/aromatic N) is 2. The molecule has 0 spiro atoms. The lowest BCUT2D eigenvalue weighted by Gasteiger charge is -2.09. The van der Waals surface area contributed by atoms with Gasteiger partial charge in [-0.3, -0.25) is 15.5 Å². The molecule has 1 aromatic carbocycles. The van der Waals surface area contributed by atoms with Crippen molar-refractivity contribution >= 4 is 22.7 Å². The molecule has 0 aliphatic carbocycles. The predicted octanol–water partition coefficient (Wildman–Crippen LogP) is 3.00. The van der Waals surface area contributed by atoms with Crippen molar-refractivity contribution in [3.05, 3.63) is 29.7 Å². The summed E-state index contributed by atoms with van der Waals surface area (Å²) >= 11 is 0. The number of ether oxygens (including phenoxy) is 1. The smallest absolute Gasteiger partial charge is 0.411 e. The molecule has 0 saturated heterocycles. The van der Waals surface area contributed by atoms with Crippen LogP contribution in [0.25, 0.3) is 22.0 Å². The third-order valence-electron chi connectivity index (χ3n) is 3.63. The van der Waals surface area contributed by atoms with E-state index >= 15 is 0 Å². The molecule has 0 saturated carbocycles. The maximum atomic E-state index is 11.6. The summed E-state index contributed by atoms with van der Waals surface area (Å²) in [5, 5.41) is 17.9. The summed E-state index contributed by atoms with van der Waals surface area (Å²) < 4.78 is 4.68. The van der Waals surface area contributed by atoms with E-state index in [1.54, 1.807) is 6.20 Å². The fourth-order valence-electron chi connectivity index (χ4n) is 2.58. The maximum Gasteiger partial charge on any atom is 0.411 e. The summed E-state index contributed by atoms with van der Waals surface area (Å²) in [6, 6.07) is 3.91. The number of amides is 1. The number of benzene rings is 1. The van der Waals surface area contributed by atoms with Crippen LogP contribution in [0, 0.1) is 6.92 Å². The topological polar surface area (TPSA) is 95.7 Å². The number of hydrogen-bond donors (Lipinski definition) is 3. The number of hydrogen-bond acceptors (Lipinski definition) is 4. The lowest BCUT2D eigenvalue weighted by molar-refractivity contribution is 0.187. The molecule has 114 valence electrons. The van der Waals surface area contributed by atoms with Gasteiger partial charge in [0.15, 0.2) is 0 Å². The van der Waals surface area contributed by atoms with Crippen molar-refractivity contribution < 1.29 is 9.53 Å². The molecule has 22 heavy (non-hydrogen) atoms. The predicted molar refractivity (Wildman–Crippen MR) is 83.8 cm³/mol. The van der Waals surface area contributed by atoms with E-state index in [4.69, 9.17) is 0 Å². The third kappa shape index (κ3) is 2.30. The van der Waals surface area contributed by atoms with Crippen LogP contribution in [0.4, 0.5) is 10.5 Å². The van der Waals surface area contributed by atoms with Gasteiger partial charge in [0, 0.05) is 16.6 Å². The molecule has 1 amide bonds. The van der Waals surface area contributed by atoms with Crippen LogP contribution in [0.5, 0.6) is 0 Å². The van der Waals surface area contributed by atoms with Crippen LogP contribution < -0.4 is 5.32 Å². The number of methoxy groups -OCH3 is 1. The highest BCUT2D eigenvalue weighted by Crippen LogP contribution is 2.33. The Morgan fingerprint density at radius 2 is 2.18 bits per heavy atom. The summed E-state index contributed by atoms with van der Waals surface area (Å²) in [7, 11) is 1.33. The second-order valence-corrected chi connectivity index (χ2v) is 5.00. The normalized spacial score (nSPS) is 10.9. The van der Waals surface area contributed by atoms with E-state index in [0.717, 1.165) is 39.8 Å². The zero-order chi connectivity index (χ0) is 15.7. The van der Waals surface area contributed by atoms with Crippen molar-refractivity contribution in [3.8, 4) is 11.1 Å². The number of aromatic amines is 2. The minimum atomic E-state index is -0.515. The second kappa shape index (κ2) is 5.51. The van der Waals surface area contributed by atoms with Gasteiger partial charge in [-0.1, -0.05) is 6.92 Å². The van der Waals surface area contributed by atoms with Gasteiger partial charge >= 0.3 is 6.09 Å². The van der Waals surface area contributed by atoms with Crippen molar-refractivity contribution in [2.75, 3.05) is 12.4 Å². The summed E-state index contributed by atoms with van der Waals surface area (Å²) in [5.74, 6) is 0. The van der Waals surface area contributed by atoms with Crippen molar-refractivity contribution in [1.82, 2.24) is 20.4 Å². The highest BCUT2D eigenvalue weighted by atomic mass is 16.5. The molecule has 2 aromatic heterocycles. The Hall–Kier alpha value is -2.83. The monoisotopic (exact) mass is 299 g/mol. The number of aryl methyl sites for hydroxylation is 2. The first-order valence-corrected chi connectivity index (χ1v) is 7.00. The average Bonchev–Trinajstić information content (AvgIpc) is 3.12. The first-order valence-electron chi connectivity index (χ1n) is 7.00. The fourth-order valence-corrected chi connectivity index (χ4v) is 2.58. The average molecular weight is 299 g/mol. The SMILES string of the molecule is CCc1n[nH]c(C)c1-c1cc(NC(=O)OC)c2cn[nH]c2c1. The lowest BCUT2D eigenvalue weighted by atomic mass is 10.00. The van der Waals surface area contributed by atoms with E-state index in [0.29, 0.717) is 5.69 Å². The first kappa shape index (κ1) is 14.1. The number of rotatable bonds is 3. The molecular weight excluding hydrogens is 282 g/mol. The number of carbonyl (C=O) groups excluding carboxylic acids is 1. The Kier molecular flexibility index (Phi) is 3.54. The van der Waals surface area contributed by atoms with Crippen LogP contribution in [0.2, 0.25) is 0 Å². The van der Waals surface area contributed by atoms with Gasteiger partial charge in [-0.2, -0.15) is 10.2 Å². The van der Waals surface area contributed by atoms with Crippen molar-refractivity contribution in [1.29, 1.82) is 0 Å². The van der Waals surface area contributed by atoms with Crippen molar-refractivity contribution in [2.24, 2.45) is 0 Å². The molecule has 0 aliphatic rings. The molecule has 2 heterocycles. The number of nitrogens with one attached hydrogen (secondary N) is 3. The van der Waals surface area contributed by atoms with E-state index in [2.05, 4.69) is 37.4 Å². The molecule has 0 atom stereocenters. The number of carbonyl (C=O) groups is 1. The van der Waals surface area contributed by atoms with Crippen LogP contribution in [0.1, 0.15) is 18.3 Å². The Labute approximate surface area is 127 Å². The van der Waals surface area contributed by atoms with Gasteiger partial charge in [0.25, 0.3) is 0 Å². The van der Waals surface area contributed by atoms with Crippen LogP contribution in [0.15, 0.2) is 18.3 Å². The quantitative estimate of drug-likeness (QED) is 0.692. The highest BCUT2D eigenvalue weighted by molar-refractivity contribution is 6.01. The van der Waals surface area contributed by atoms with E-state index in [9.17, 15) is 4.79 Å². The largest absolute Gasteiger partial charge is 0.453 e. The summed E-state index contributed by atoms with van der Waals surface area (Å²) in [6.45, 7) is 4.04. The number of anilines is 1. The van der Waals surface area contributed by atoms with E-state index < -0.39 is 6.09 Å². The molecule has 7 nitrogen and oxygen atoms in total. The van der Waals surface area contributed by atoms with E-state index in [-0.39, 0.29) is 0 Å². The van der Waals surface area contributed by atoms with Gasteiger partial charge in [-0.25, -0.2) is 4.79 Å². The van der Waals surface area contributed by atoms with Crippen LogP contribution >= 0.6 is 0 Å². The summed E-state index contributed by atoms with van der Waals surface area (Å²) in [6.07, 6.45) is 1.98.